The molecule has 19 heavy (non-hydrogen) atoms. The van der Waals surface area contributed by atoms with Gasteiger partial charge in [0, 0.05) is 41.3 Å². The second-order valence-electron chi connectivity index (χ2n) is 5.11. The molecule has 2 heterocycles. The summed E-state index contributed by atoms with van der Waals surface area (Å²) in [7, 11) is 2.12. The van der Waals surface area contributed by atoms with Crippen molar-refractivity contribution in [2.45, 2.75) is 6.42 Å². The van der Waals surface area contributed by atoms with E-state index in [0.717, 1.165) is 30.4 Å². The Morgan fingerprint density at radius 3 is 2.95 bits per heavy atom. The van der Waals surface area contributed by atoms with Crippen molar-refractivity contribution in [3.8, 4) is 0 Å². The van der Waals surface area contributed by atoms with Crippen LogP contribution in [0.4, 0.5) is 4.39 Å². The van der Waals surface area contributed by atoms with Crippen LogP contribution in [0.25, 0.3) is 22.3 Å². The minimum absolute atomic E-state index is 0.383. The van der Waals surface area contributed by atoms with Gasteiger partial charge >= 0.3 is 0 Å². The van der Waals surface area contributed by atoms with Gasteiger partial charge in [0.2, 0.25) is 0 Å². The molecular formula is C16H17FN2. The van der Waals surface area contributed by atoms with Gasteiger partial charge in [0.05, 0.1) is 0 Å². The standard InChI is InChI=1S/C16H17FN2/c1-11(17)13-3-4-16-14(9-13)15(10-18-16)12-5-7-19(2)8-6-12/h3-5,9-10,18H,1,6-8H2,2H3. The zero-order chi connectivity index (χ0) is 13.4. The molecule has 0 aliphatic carbocycles. The molecule has 1 aromatic carbocycles. The first-order chi connectivity index (χ1) is 9.15. The van der Waals surface area contributed by atoms with Crippen molar-refractivity contribution in [1.29, 1.82) is 0 Å². The first kappa shape index (κ1) is 12.2. The largest absolute Gasteiger partial charge is 0.361 e. The Morgan fingerprint density at radius 2 is 2.26 bits per heavy atom. The third kappa shape index (κ3) is 2.22. The van der Waals surface area contributed by atoms with Crippen molar-refractivity contribution in [1.82, 2.24) is 9.88 Å². The van der Waals surface area contributed by atoms with Crippen LogP contribution in [0.2, 0.25) is 0 Å². The Balaban J connectivity index is 2.09. The third-order valence-corrected chi connectivity index (χ3v) is 3.75. The number of rotatable bonds is 2. The summed E-state index contributed by atoms with van der Waals surface area (Å²) in [6.45, 7) is 5.40. The van der Waals surface area contributed by atoms with E-state index >= 15 is 0 Å². The minimum atomic E-state index is -0.383. The van der Waals surface area contributed by atoms with Crippen LogP contribution < -0.4 is 0 Å². The molecular weight excluding hydrogens is 239 g/mol. The summed E-state index contributed by atoms with van der Waals surface area (Å²) < 4.78 is 13.3. The molecule has 0 saturated carbocycles. The van der Waals surface area contributed by atoms with Gasteiger partial charge in [-0.15, -0.1) is 0 Å². The number of hydrogen-bond acceptors (Lipinski definition) is 1. The molecule has 1 aliphatic heterocycles. The topological polar surface area (TPSA) is 19.0 Å². The number of hydrogen-bond donors (Lipinski definition) is 1. The predicted octanol–water partition coefficient (Wildman–Crippen LogP) is 3.83. The average Bonchev–Trinajstić information content (AvgIpc) is 2.82. The maximum atomic E-state index is 13.3. The molecule has 1 aliphatic rings. The summed E-state index contributed by atoms with van der Waals surface area (Å²) >= 11 is 0. The van der Waals surface area contributed by atoms with E-state index in [1.54, 1.807) is 6.07 Å². The molecule has 2 aromatic rings. The lowest BCUT2D eigenvalue weighted by Crippen LogP contribution is -2.23. The second kappa shape index (κ2) is 4.67. The summed E-state index contributed by atoms with van der Waals surface area (Å²) in [6, 6.07) is 5.55. The molecule has 0 spiro atoms. The van der Waals surface area contributed by atoms with Crippen molar-refractivity contribution in [3.05, 3.63) is 48.2 Å². The summed E-state index contributed by atoms with van der Waals surface area (Å²) in [5.74, 6) is -0.383. The van der Waals surface area contributed by atoms with Crippen molar-refractivity contribution < 1.29 is 4.39 Å². The lowest BCUT2D eigenvalue weighted by molar-refractivity contribution is 0.370. The SMILES string of the molecule is C=C(F)c1ccc2[nH]cc(C3=CCN(C)CC3)c2c1. The minimum Gasteiger partial charge on any atom is -0.361 e. The monoisotopic (exact) mass is 256 g/mol. The summed E-state index contributed by atoms with van der Waals surface area (Å²) in [4.78, 5) is 5.54. The molecule has 2 nitrogen and oxygen atoms in total. The van der Waals surface area contributed by atoms with Gasteiger partial charge in [-0.1, -0.05) is 12.7 Å². The molecule has 0 atom stereocenters. The first-order valence-electron chi connectivity index (χ1n) is 6.49. The number of fused-ring (bicyclic) bond motifs is 1. The molecule has 98 valence electrons. The van der Waals surface area contributed by atoms with Gasteiger partial charge in [-0.25, -0.2) is 4.39 Å². The summed E-state index contributed by atoms with van der Waals surface area (Å²) in [5.41, 5.74) is 4.12. The Kier molecular flexibility index (Phi) is 2.99. The smallest absolute Gasteiger partial charge is 0.123 e. The maximum Gasteiger partial charge on any atom is 0.123 e. The van der Waals surface area contributed by atoms with Crippen LogP contribution in [0.1, 0.15) is 17.5 Å². The van der Waals surface area contributed by atoms with Crippen molar-refractivity contribution >= 4 is 22.3 Å². The van der Waals surface area contributed by atoms with E-state index in [4.69, 9.17) is 0 Å². The fourth-order valence-corrected chi connectivity index (χ4v) is 2.57. The third-order valence-electron chi connectivity index (χ3n) is 3.75. The Labute approximate surface area is 112 Å². The van der Waals surface area contributed by atoms with Crippen LogP contribution >= 0.6 is 0 Å². The van der Waals surface area contributed by atoms with Crippen LogP contribution in [0, 0.1) is 0 Å². The van der Waals surface area contributed by atoms with Gasteiger partial charge in [0.15, 0.2) is 0 Å². The highest BCUT2D eigenvalue weighted by Crippen LogP contribution is 2.30. The lowest BCUT2D eigenvalue weighted by Gasteiger charge is -2.21. The highest BCUT2D eigenvalue weighted by Gasteiger charge is 2.14. The van der Waals surface area contributed by atoms with Gasteiger partial charge in [-0.05, 0) is 37.2 Å². The fraction of sp³-hybridized carbons (Fsp3) is 0.250. The molecule has 3 heteroatoms. The highest BCUT2D eigenvalue weighted by atomic mass is 19.1. The number of aromatic nitrogens is 1. The fourth-order valence-electron chi connectivity index (χ4n) is 2.57. The second-order valence-corrected chi connectivity index (χ2v) is 5.11. The van der Waals surface area contributed by atoms with E-state index in [0.29, 0.717) is 5.56 Å². The van der Waals surface area contributed by atoms with E-state index < -0.39 is 0 Å². The predicted molar refractivity (Wildman–Crippen MR) is 78.5 cm³/mol. The van der Waals surface area contributed by atoms with Crippen molar-refractivity contribution in [3.63, 3.8) is 0 Å². The van der Waals surface area contributed by atoms with E-state index in [-0.39, 0.29) is 5.83 Å². The van der Waals surface area contributed by atoms with Crippen LogP contribution in [0.15, 0.2) is 37.1 Å². The number of likely N-dealkylation sites (N-methyl/N-ethyl adjacent to an activating group) is 1. The van der Waals surface area contributed by atoms with Gasteiger partial charge in [-0.2, -0.15) is 0 Å². The van der Waals surface area contributed by atoms with Gasteiger partial charge in [0.1, 0.15) is 5.83 Å². The molecule has 0 fully saturated rings. The maximum absolute atomic E-state index is 13.3. The van der Waals surface area contributed by atoms with Crippen molar-refractivity contribution in [2.75, 3.05) is 20.1 Å². The highest BCUT2D eigenvalue weighted by molar-refractivity contribution is 5.94. The van der Waals surface area contributed by atoms with Gasteiger partial charge in [-0.3, -0.25) is 0 Å². The number of halogens is 1. The van der Waals surface area contributed by atoms with Crippen LogP contribution in [0.5, 0.6) is 0 Å². The molecule has 0 bridgehead atoms. The quantitative estimate of drug-likeness (QED) is 0.865. The van der Waals surface area contributed by atoms with Crippen LogP contribution in [-0.4, -0.2) is 30.0 Å². The zero-order valence-electron chi connectivity index (χ0n) is 11.0. The zero-order valence-corrected chi connectivity index (χ0v) is 11.0. The molecule has 0 saturated heterocycles. The Hall–Kier alpha value is -1.87. The molecule has 1 N–H and O–H groups in total. The van der Waals surface area contributed by atoms with Gasteiger partial charge in [0.25, 0.3) is 0 Å². The van der Waals surface area contributed by atoms with E-state index in [1.165, 1.54) is 11.1 Å². The number of H-pyrrole nitrogens is 1. The van der Waals surface area contributed by atoms with Crippen molar-refractivity contribution in [2.24, 2.45) is 0 Å². The van der Waals surface area contributed by atoms with E-state index in [2.05, 4.69) is 29.6 Å². The lowest BCUT2D eigenvalue weighted by atomic mass is 9.98. The normalized spacial score (nSPS) is 16.6. The number of aromatic amines is 1. The molecule has 1 aromatic heterocycles. The number of benzene rings is 1. The molecule has 0 unspecified atom stereocenters. The molecule has 3 rings (SSSR count). The number of nitrogens with one attached hydrogen (secondary N) is 1. The van der Waals surface area contributed by atoms with Crippen LogP contribution in [-0.2, 0) is 0 Å². The van der Waals surface area contributed by atoms with Gasteiger partial charge < -0.3 is 9.88 Å². The summed E-state index contributed by atoms with van der Waals surface area (Å²) in [5, 5.41) is 1.08. The van der Waals surface area contributed by atoms with E-state index in [9.17, 15) is 4.39 Å². The first-order valence-corrected chi connectivity index (χ1v) is 6.49. The summed E-state index contributed by atoms with van der Waals surface area (Å²) in [6.07, 6.45) is 5.31. The average molecular weight is 256 g/mol. The van der Waals surface area contributed by atoms with Crippen LogP contribution in [0.3, 0.4) is 0 Å². The molecule has 0 radical (unpaired) electrons. The number of nitrogens with zero attached hydrogens (tertiary/aromatic N) is 1. The molecule has 0 amide bonds. The Bertz CT molecular complexity index is 666. The van der Waals surface area contributed by atoms with E-state index in [1.807, 2.05) is 18.3 Å². The Morgan fingerprint density at radius 1 is 1.42 bits per heavy atom.